The molecule has 8 heteroatoms. The van der Waals surface area contributed by atoms with Gasteiger partial charge in [0.1, 0.15) is 0 Å². The Hall–Kier alpha value is -3.52. The molecule has 7 nitrogen and oxygen atoms in total. The highest BCUT2D eigenvalue weighted by Gasteiger charge is 2.58. The predicted octanol–water partition coefficient (Wildman–Crippen LogP) is 3.61. The van der Waals surface area contributed by atoms with Crippen molar-refractivity contribution in [2.45, 2.75) is 31.2 Å². The molecule has 2 aliphatic rings. The SMILES string of the molecule is O=C(Cc1ccccc1)N1CCC([C@]2(c3ccccn3)NC(=O)N(CCc3cccs3)C2=O)CC1. The summed E-state index contributed by atoms with van der Waals surface area (Å²) in [5.41, 5.74) is 0.345. The second-order valence-corrected chi connectivity index (χ2v) is 10.1. The molecule has 0 spiro atoms. The van der Waals surface area contributed by atoms with E-state index in [1.54, 1.807) is 23.6 Å². The zero-order valence-corrected chi connectivity index (χ0v) is 20.2. The van der Waals surface area contributed by atoms with Crippen LogP contribution in [0.2, 0.25) is 0 Å². The Morgan fingerprint density at radius 2 is 1.80 bits per heavy atom. The largest absolute Gasteiger partial charge is 0.342 e. The van der Waals surface area contributed by atoms with Gasteiger partial charge in [-0.05, 0) is 48.4 Å². The molecule has 0 aliphatic carbocycles. The first-order chi connectivity index (χ1) is 17.1. The number of nitrogens with zero attached hydrogens (tertiary/aromatic N) is 3. The fourth-order valence-electron chi connectivity index (χ4n) is 5.17. The van der Waals surface area contributed by atoms with Crippen LogP contribution in [0.25, 0.3) is 0 Å². The fourth-order valence-corrected chi connectivity index (χ4v) is 5.87. The minimum Gasteiger partial charge on any atom is -0.342 e. The van der Waals surface area contributed by atoms with Crippen molar-refractivity contribution in [1.82, 2.24) is 20.1 Å². The second-order valence-electron chi connectivity index (χ2n) is 9.06. The summed E-state index contributed by atoms with van der Waals surface area (Å²) < 4.78 is 0. The van der Waals surface area contributed by atoms with E-state index in [1.165, 1.54) is 4.90 Å². The molecule has 4 heterocycles. The molecule has 2 saturated heterocycles. The van der Waals surface area contributed by atoms with Crippen molar-refractivity contribution in [3.63, 3.8) is 0 Å². The Morgan fingerprint density at radius 1 is 1.03 bits per heavy atom. The summed E-state index contributed by atoms with van der Waals surface area (Å²) in [5.74, 6) is -0.311. The Labute approximate surface area is 208 Å². The van der Waals surface area contributed by atoms with Crippen LogP contribution in [0.3, 0.4) is 0 Å². The summed E-state index contributed by atoms with van der Waals surface area (Å²) in [6.07, 6.45) is 3.87. The van der Waals surface area contributed by atoms with Gasteiger partial charge < -0.3 is 10.2 Å². The number of imide groups is 1. The summed E-state index contributed by atoms with van der Waals surface area (Å²) in [7, 11) is 0. The molecule has 0 unspecified atom stereocenters. The quantitative estimate of drug-likeness (QED) is 0.515. The first-order valence-electron chi connectivity index (χ1n) is 12.0. The van der Waals surface area contributed by atoms with Gasteiger partial charge in [0, 0.05) is 36.6 Å². The maximum absolute atomic E-state index is 13.9. The number of carbonyl (C=O) groups is 3. The summed E-state index contributed by atoms with van der Waals surface area (Å²) in [6, 6.07) is 18.8. The lowest BCUT2D eigenvalue weighted by atomic mass is 9.75. The fraction of sp³-hybridized carbons (Fsp3) is 0.333. The van der Waals surface area contributed by atoms with Gasteiger partial charge in [-0.2, -0.15) is 0 Å². The maximum atomic E-state index is 13.9. The van der Waals surface area contributed by atoms with Crippen molar-refractivity contribution < 1.29 is 14.4 Å². The summed E-state index contributed by atoms with van der Waals surface area (Å²) in [6.45, 7) is 1.42. The molecular weight excluding hydrogens is 460 g/mol. The number of nitrogens with one attached hydrogen (secondary N) is 1. The highest BCUT2D eigenvalue weighted by molar-refractivity contribution is 7.09. The first-order valence-corrected chi connectivity index (χ1v) is 12.9. The molecule has 180 valence electrons. The van der Waals surface area contributed by atoms with Gasteiger partial charge in [0.05, 0.1) is 12.1 Å². The van der Waals surface area contributed by atoms with Gasteiger partial charge in [0.25, 0.3) is 5.91 Å². The number of benzene rings is 1. The number of likely N-dealkylation sites (tertiary alicyclic amines) is 1. The number of urea groups is 1. The van der Waals surface area contributed by atoms with E-state index in [4.69, 9.17) is 0 Å². The van der Waals surface area contributed by atoms with Gasteiger partial charge in [0.2, 0.25) is 5.91 Å². The Balaban J connectivity index is 1.33. The van der Waals surface area contributed by atoms with E-state index in [0.717, 1.165) is 10.4 Å². The van der Waals surface area contributed by atoms with Gasteiger partial charge in [-0.15, -0.1) is 11.3 Å². The first kappa shape index (κ1) is 23.2. The molecule has 3 aromatic rings. The van der Waals surface area contributed by atoms with E-state index in [0.29, 0.717) is 51.0 Å². The molecule has 35 heavy (non-hydrogen) atoms. The van der Waals surface area contributed by atoms with E-state index in [9.17, 15) is 14.4 Å². The van der Waals surface area contributed by atoms with Gasteiger partial charge >= 0.3 is 6.03 Å². The summed E-state index contributed by atoms with van der Waals surface area (Å²) in [5, 5.41) is 5.03. The molecule has 0 bridgehead atoms. The van der Waals surface area contributed by atoms with E-state index >= 15 is 0 Å². The lowest BCUT2D eigenvalue weighted by Gasteiger charge is -2.40. The highest BCUT2D eigenvalue weighted by atomic mass is 32.1. The second kappa shape index (κ2) is 10.00. The molecule has 0 saturated carbocycles. The summed E-state index contributed by atoms with van der Waals surface area (Å²) in [4.78, 5) is 48.7. The number of aromatic nitrogens is 1. The van der Waals surface area contributed by atoms with Gasteiger partial charge in [0.15, 0.2) is 5.54 Å². The van der Waals surface area contributed by atoms with Crippen LogP contribution in [0.1, 0.15) is 29.0 Å². The lowest BCUT2D eigenvalue weighted by molar-refractivity contribution is -0.136. The van der Waals surface area contributed by atoms with Crippen molar-refractivity contribution in [2.75, 3.05) is 19.6 Å². The topological polar surface area (TPSA) is 82.6 Å². The number of piperidine rings is 1. The minimum atomic E-state index is -1.21. The third-order valence-electron chi connectivity index (χ3n) is 7.02. The lowest BCUT2D eigenvalue weighted by Crippen LogP contribution is -2.54. The molecule has 0 radical (unpaired) electrons. The zero-order valence-electron chi connectivity index (χ0n) is 19.4. The van der Waals surface area contributed by atoms with Crippen LogP contribution in [-0.4, -0.2) is 52.3 Å². The number of hydrogen-bond acceptors (Lipinski definition) is 5. The Morgan fingerprint density at radius 3 is 2.49 bits per heavy atom. The Kier molecular flexibility index (Phi) is 6.63. The van der Waals surface area contributed by atoms with E-state index in [-0.39, 0.29) is 23.8 Å². The van der Waals surface area contributed by atoms with Crippen LogP contribution in [-0.2, 0) is 28.0 Å². The molecule has 4 amide bonds. The van der Waals surface area contributed by atoms with Gasteiger partial charge in [-0.3, -0.25) is 19.5 Å². The van der Waals surface area contributed by atoms with Gasteiger partial charge in [-0.1, -0.05) is 42.5 Å². The molecule has 2 fully saturated rings. The van der Waals surface area contributed by atoms with Crippen molar-refractivity contribution in [2.24, 2.45) is 5.92 Å². The van der Waals surface area contributed by atoms with E-state index in [2.05, 4.69) is 10.3 Å². The number of pyridine rings is 1. The highest BCUT2D eigenvalue weighted by Crippen LogP contribution is 2.40. The number of rotatable bonds is 7. The molecule has 2 aromatic heterocycles. The smallest absolute Gasteiger partial charge is 0.325 e. The molecule has 1 N–H and O–H groups in total. The molecule has 2 aliphatic heterocycles. The zero-order chi connectivity index (χ0) is 24.3. The minimum absolute atomic E-state index is 0.0842. The number of thiophene rings is 1. The third-order valence-corrected chi connectivity index (χ3v) is 7.96. The average Bonchev–Trinajstić information content (AvgIpc) is 3.50. The van der Waals surface area contributed by atoms with Crippen LogP contribution >= 0.6 is 11.3 Å². The van der Waals surface area contributed by atoms with Crippen molar-refractivity contribution in [1.29, 1.82) is 0 Å². The Bertz CT molecular complexity index is 1180. The van der Waals surface area contributed by atoms with E-state index < -0.39 is 5.54 Å². The van der Waals surface area contributed by atoms with Crippen LogP contribution in [0.4, 0.5) is 4.79 Å². The van der Waals surface area contributed by atoms with Crippen LogP contribution in [0, 0.1) is 5.92 Å². The van der Waals surface area contributed by atoms with Crippen molar-refractivity contribution >= 4 is 29.2 Å². The molecule has 5 rings (SSSR count). The van der Waals surface area contributed by atoms with Crippen LogP contribution < -0.4 is 5.32 Å². The van der Waals surface area contributed by atoms with E-state index in [1.807, 2.05) is 64.9 Å². The number of hydrogen-bond donors (Lipinski definition) is 1. The van der Waals surface area contributed by atoms with Crippen molar-refractivity contribution in [3.8, 4) is 0 Å². The maximum Gasteiger partial charge on any atom is 0.325 e. The number of carbonyl (C=O) groups excluding carboxylic acids is 3. The summed E-state index contributed by atoms with van der Waals surface area (Å²) >= 11 is 1.62. The third kappa shape index (κ3) is 4.58. The van der Waals surface area contributed by atoms with Crippen LogP contribution in [0.5, 0.6) is 0 Å². The standard InChI is InChI=1S/C27H28N4O3S/c32-24(19-20-7-2-1-3-8-20)30-15-11-21(12-16-30)27(23-10-4-5-14-28-23)25(33)31(26(34)29-27)17-13-22-9-6-18-35-22/h1-10,14,18,21H,11-13,15-17,19H2,(H,29,34)/t27-/m1/s1. The molecule has 1 aromatic carbocycles. The molecular formula is C27H28N4O3S. The average molecular weight is 489 g/mol. The van der Waals surface area contributed by atoms with Crippen LogP contribution in [0.15, 0.2) is 72.2 Å². The van der Waals surface area contributed by atoms with Crippen molar-refractivity contribution in [3.05, 3.63) is 88.4 Å². The number of amides is 4. The molecule has 1 atom stereocenters. The predicted molar refractivity (Wildman–Crippen MR) is 134 cm³/mol. The normalized spacial score (nSPS) is 20.8. The van der Waals surface area contributed by atoms with Gasteiger partial charge in [-0.25, -0.2) is 4.79 Å². The monoisotopic (exact) mass is 488 g/mol.